The van der Waals surface area contributed by atoms with Gasteiger partial charge < -0.3 is 1.43 Å². The Balaban J connectivity index is -0.0000000417. The van der Waals surface area contributed by atoms with Crippen molar-refractivity contribution in [3.05, 3.63) is 0 Å². The van der Waals surface area contributed by atoms with Gasteiger partial charge in [-0.15, -0.1) is 0 Å². The molecule has 0 aromatic rings. The standard InChI is InChI=1S/C2H6O3S.Co.Na.H/c1-2-6(3,4)5;;;/h2H2,1H3,(H,3,4,5);;;/q;;+1;-1. The van der Waals surface area contributed by atoms with Crippen molar-refractivity contribution < 1.29 is 60.7 Å². The smallest absolute Gasteiger partial charge is 1.00 e. The molecule has 0 aromatic carbocycles. The van der Waals surface area contributed by atoms with Gasteiger partial charge in [0, 0.05) is 16.8 Å². The summed E-state index contributed by atoms with van der Waals surface area (Å²) in [5.41, 5.74) is 0. The topological polar surface area (TPSA) is 54.4 Å². The Kier molecular flexibility index (Phi) is 13.2. The molecule has 1 radical (unpaired) electrons. The van der Waals surface area contributed by atoms with Crippen LogP contribution in [0.25, 0.3) is 0 Å². The molecular formula is C2H7CoNaO3S. The summed E-state index contributed by atoms with van der Waals surface area (Å²) in [6.07, 6.45) is 0. The summed E-state index contributed by atoms with van der Waals surface area (Å²) >= 11 is 0. The van der Waals surface area contributed by atoms with Crippen molar-refractivity contribution in [2.45, 2.75) is 6.92 Å². The molecule has 1 N–H and O–H groups in total. The number of rotatable bonds is 1. The van der Waals surface area contributed by atoms with Gasteiger partial charge in [-0.2, -0.15) is 8.42 Å². The summed E-state index contributed by atoms with van der Waals surface area (Å²) in [7, 11) is -3.66. The number of hydrogen-bond acceptors (Lipinski definition) is 2. The Bertz CT molecular complexity index is 124. The van der Waals surface area contributed by atoms with Crippen LogP contribution < -0.4 is 29.6 Å². The van der Waals surface area contributed by atoms with Crippen LogP contribution in [0, 0.1) is 0 Å². The van der Waals surface area contributed by atoms with E-state index in [1.54, 1.807) is 0 Å². The molecule has 0 saturated carbocycles. The zero-order valence-electron chi connectivity index (χ0n) is 5.71. The zero-order chi connectivity index (χ0) is 5.21. The fraction of sp³-hybridized carbons (Fsp3) is 1.00. The zero-order valence-corrected chi connectivity index (χ0v) is 8.57. The molecule has 0 aliphatic rings. The maximum atomic E-state index is 9.56. The summed E-state index contributed by atoms with van der Waals surface area (Å²) < 4.78 is 26.9. The fourth-order valence-corrected chi connectivity index (χ4v) is 0. The van der Waals surface area contributed by atoms with Crippen molar-refractivity contribution in [3.8, 4) is 0 Å². The molecule has 0 rings (SSSR count). The van der Waals surface area contributed by atoms with Crippen LogP contribution in [-0.4, -0.2) is 18.7 Å². The summed E-state index contributed by atoms with van der Waals surface area (Å²) in [5.74, 6) is -0.201. The van der Waals surface area contributed by atoms with Crippen molar-refractivity contribution in [1.29, 1.82) is 0 Å². The first-order valence-corrected chi connectivity index (χ1v) is 3.12. The second kappa shape index (κ2) is 6.54. The summed E-state index contributed by atoms with van der Waals surface area (Å²) in [6, 6.07) is 0. The summed E-state index contributed by atoms with van der Waals surface area (Å²) in [4.78, 5) is 0. The Morgan fingerprint density at radius 1 is 1.62 bits per heavy atom. The quantitative estimate of drug-likeness (QED) is 0.357. The van der Waals surface area contributed by atoms with Crippen LogP contribution in [-0.2, 0) is 26.9 Å². The van der Waals surface area contributed by atoms with Crippen LogP contribution in [0.1, 0.15) is 8.35 Å². The minimum atomic E-state index is -3.66. The van der Waals surface area contributed by atoms with E-state index in [-0.39, 0.29) is 53.5 Å². The normalized spacial score (nSPS) is 8.75. The fourth-order valence-electron chi connectivity index (χ4n) is 0. The van der Waals surface area contributed by atoms with Gasteiger partial charge in [-0.05, 0) is 6.92 Å². The summed E-state index contributed by atoms with van der Waals surface area (Å²) in [6.45, 7) is 1.37. The first kappa shape index (κ1) is 16.2. The van der Waals surface area contributed by atoms with Gasteiger partial charge in [-0.25, -0.2) is 0 Å². The van der Waals surface area contributed by atoms with E-state index >= 15 is 0 Å². The van der Waals surface area contributed by atoms with Crippen LogP contribution in [0.4, 0.5) is 0 Å². The van der Waals surface area contributed by atoms with E-state index in [1.807, 2.05) is 0 Å². The van der Waals surface area contributed by atoms with Gasteiger partial charge in [0.2, 0.25) is 0 Å². The monoisotopic (exact) mass is 193 g/mol. The molecule has 0 saturated heterocycles. The van der Waals surface area contributed by atoms with E-state index < -0.39 is 10.1 Å². The molecule has 0 amide bonds. The Morgan fingerprint density at radius 3 is 1.75 bits per heavy atom. The third kappa shape index (κ3) is 15.7. The molecule has 49 valence electrons. The van der Waals surface area contributed by atoms with Crippen LogP contribution in [0.15, 0.2) is 0 Å². The largest absolute Gasteiger partial charge is 1.00 e. The van der Waals surface area contributed by atoms with Gasteiger partial charge in [-0.1, -0.05) is 0 Å². The van der Waals surface area contributed by atoms with E-state index in [9.17, 15) is 8.42 Å². The first-order valence-electron chi connectivity index (χ1n) is 1.51. The van der Waals surface area contributed by atoms with E-state index in [1.165, 1.54) is 6.92 Å². The van der Waals surface area contributed by atoms with Gasteiger partial charge >= 0.3 is 29.6 Å². The Morgan fingerprint density at radius 2 is 1.75 bits per heavy atom. The summed E-state index contributed by atoms with van der Waals surface area (Å²) in [5, 5.41) is 0. The van der Waals surface area contributed by atoms with Crippen molar-refractivity contribution >= 4 is 10.1 Å². The van der Waals surface area contributed by atoms with Crippen LogP contribution >= 0.6 is 0 Å². The molecule has 0 unspecified atom stereocenters. The molecule has 3 nitrogen and oxygen atoms in total. The Hall–Kier alpha value is 1.42. The molecule has 0 aliphatic heterocycles. The molecule has 0 heterocycles. The molecule has 8 heavy (non-hydrogen) atoms. The SMILES string of the molecule is CCS(=O)(=O)O.[Co].[H-].[Na+]. The average Bonchev–Trinajstić information content (AvgIpc) is 1.35. The van der Waals surface area contributed by atoms with Crippen LogP contribution in [0.3, 0.4) is 0 Å². The average molecular weight is 193 g/mol. The molecule has 0 aliphatic carbocycles. The van der Waals surface area contributed by atoms with E-state index in [0.29, 0.717) is 0 Å². The molecule has 0 aromatic heterocycles. The van der Waals surface area contributed by atoms with Crippen molar-refractivity contribution in [3.63, 3.8) is 0 Å². The number of hydrogen-bond donors (Lipinski definition) is 1. The second-order valence-electron chi connectivity index (χ2n) is 0.871. The maximum Gasteiger partial charge on any atom is 1.00 e. The third-order valence-electron chi connectivity index (χ3n) is 0.365. The van der Waals surface area contributed by atoms with E-state index in [4.69, 9.17) is 4.55 Å². The van der Waals surface area contributed by atoms with Crippen molar-refractivity contribution in [2.75, 3.05) is 5.75 Å². The molecule has 0 spiro atoms. The van der Waals surface area contributed by atoms with E-state index in [2.05, 4.69) is 0 Å². The van der Waals surface area contributed by atoms with Crippen molar-refractivity contribution in [2.24, 2.45) is 0 Å². The molecule has 0 fully saturated rings. The van der Waals surface area contributed by atoms with Gasteiger partial charge in [-0.3, -0.25) is 4.55 Å². The van der Waals surface area contributed by atoms with Gasteiger partial charge in [0.25, 0.3) is 10.1 Å². The molecule has 0 atom stereocenters. The molecular weight excluding hydrogens is 186 g/mol. The first-order chi connectivity index (χ1) is 2.56. The van der Waals surface area contributed by atoms with Crippen LogP contribution in [0.2, 0.25) is 0 Å². The minimum absolute atomic E-state index is 0. The molecule has 0 bridgehead atoms. The van der Waals surface area contributed by atoms with Gasteiger partial charge in [0.15, 0.2) is 0 Å². The Labute approximate surface area is 83.0 Å². The molecule has 6 heteroatoms. The maximum absolute atomic E-state index is 9.56. The minimum Gasteiger partial charge on any atom is -1.00 e. The second-order valence-corrected chi connectivity index (χ2v) is 2.61. The van der Waals surface area contributed by atoms with Crippen molar-refractivity contribution in [1.82, 2.24) is 0 Å². The van der Waals surface area contributed by atoms with E-state index in [0.717, 1.165) is 0 Å². The predicted molar refractivity (Wildman–Crippen MR) is 23.2 cm³/mol. The van der Waals surface area contributed by atoms with Gasteiger partial charge in [0.1, 0.15) is 0 Å². The van der Waals surface area contributed by atoms with Crippen LogP contribution in [0.5, 0.6) is 0 Å². The third-order valence-corrected chi connectivity index (χ3v) is 1.09. The van der Waals surface area contributed by atoms with Gasteiger partial charge in [0.05, 0.1) is 5.75 Å². The predicted octanol–water partition coefficient (Wildman–Crippen LogP) is -2.99.